The van der Waals surface area contributed by atoms with Gasteiger partial charge in [0.05, 0.1) is 28.9 Å². The molecule has 2 bridgehead atoms. The Hall–Kier alpha value is -6.50. The molecule has 1 saturated carbocycles. The predicted octanol–water partition coefficient (Wildman–Crippen LogP) is 3.03. The van der Waals surface area contributed by atoms with E-state index in [1.165, 1.54) is 12.1 Å². The van der Waals surface area contributed by atoms with E-state index in [0.29, 0.717) is 93.3 Å². The number of hydrogen-bond donors (Lipinski definition) is 5. The van der Waals surface area contributed by atoms with Crippen LogP contribution in [0.5, 0.6) is 5.75 Å². The average molecular weight is 984 g/mol. The number of nitrogens with one attached hydrogen (secondary N) is 1. The number of rotatable bonds is 15. The predicted molar refractivity (Wildman–Crippen MR) is 273 cm³/mol. The summed E-state index contributed by atoms with van der Waals surface area (Å²) >= 11 is 4.54. The number of hydrogen-bond acceptors (Lipinski definition) is 15. The standard InChI is InChI=1S/C53H65N11O6S/c1-33-6-2-3-10-39(33)42(54)29-44(50(55)56)62-31-36-12-14-41-48(62)49(41)63(36)35-8-5-9-38(28-35)70-27-26-58-18-24-61(25-19-58)46(66)17-13-37(32-71)60-22-20-59(21-23-60)30-34-7-4-11-40-47(34)53(69)64(52(40)68)43-15-16-45(65)57-51(43)67/h2-11,28-29,32,36,41,43,48-49,71H,12-27,30-31,54-56H2,1H3,(H,57,65,67)/b37-32+,42-29-. The van der Waals surface area contributed by atoms with Crippen molar-refractivity contribution in [1.29, 1.82) is 0 Å². The van der Waals surface area contributed by atoms with Gasteiger partial charge in [-0.3, -0.25) is 44.0 Å². The van der Waals surface area contributed by atoms with Crippen LogP contribution in [0.1, 0.15) is 75.9 Å². The van der Waals surface area contributed by atoms with Crippen molar-refractivity contribution in [3.05, 3.63) is 123 Å². The Morgan fingerprint density at radius 3 is 2.31 bits per heavy atom. The molecule has 374 valence electrons. The summed E-state index contributed by atoms with van der Waals surface area (Å²) in [5.41, 5.74) is 26.5. The number of fused-ring (bicyclic) bond motifs is 3. The van der Waals surface area contributed by atoms with Gasteiger partial charge in [0.15, 0.2) is 0 Å². The van der Waals surface area contributed by atoms with Gasteiger partial charge in [0.2, 0.25) is 17.7 Å². The summed E-state index contributed by atoms with van der Waals surface area (Å²) in [6, 6.07) is 21.8. The van der Waals surface area contributed by atoms with Crippen LogP contribution in [-0.4, -0.2) is 155 Å². The Morgan fingerprint density at radius 1 is 0.817 bits per heavy atom. The van der Waals surface area contributed by atoms with Gasteiger partial charge in [-0.05, 0) is 73.4 Å². The SMILES string of the molecule is Cc1ccccc1/C(N)=C/C(=C(N)N)N1CC2CCC3C1C3N2c1cccc(OCCN2CCN(C(=O)CC/C(=C\S)N3CCN(Cc4cccc5c4C(=O)N(C4CCC(=O)NC4=O)C5=O)CC3)CC2)c1. The van der Waals surface area contributed by atoms with Crippen molar-refractivity contribution in [3.8, 4) is 5.75 Å². The molecule has 71 heavy (non-hydrogen) atoms. The van der Waals surface area contributed by atoms with Crippen molar-refractivity contribution in [2.24, 2.45) is 23.1 Å². The molecule has 17 nitrogen and oxygen atoms in total. The Kier molecular flexibility index (Phi) is 13.8. The molecule has 6 fully saturated rings. The van der Waals surface area contributed by atoms with Crippen LogP contribution < -0.4 is 32.2 Å². The van der Waals surface area contributed by atoms with Crippen LogP contribution in [-0.2, 0) is 20.9 Å². The highest BCUT2D eigenvalue weighted by Crippen LogP contribution is 2.55. The summed E-state index contributed by atoms with van der Waals surface area (Å²) in [4.78, 5) is 79.6. The first kappa shape index (κ1) is 48.1. The molecule has 6 heterocycles. The summed E-state index contributed by atoms with van der Waals surface area (Å²) < 4.78 is 6.37. The lowest BCUT2D eigenvalue weighted by Gasteiger charge is -2.44. The van der Waals surface area contributed by atoms with Gasteiger partial charge in [-0.2, -0.15) is 0 Å². The first-order valence-electron chi connectivity index (χ1n) is 25.1. The summed E-state index contributed by atoms with van der Waals surface area (Å²) in [6.07, 6.45) is 5.42. The van der Waals surface area contributed by atoms with E-state index in [9.17, 15) is 24.0 Å². The molecule has 7 N–H and O–H groups in total. The molecule has 5 amide bonds. The van der Waals surface area contributed by atoms with Crippen molar-refractivity contribution >= 4 is 53.5 Å². The summed E-state index contributed by atoms with van der Waals surface area (Å²) in [6.45, 7) is 10.5. The maximum atomic E-state index is 13.6. The molecule has 1 aliphatic carbocycles. The zero-order valence-electron chi connectivity index (χ0n) is 40.4. The largest absolute Gasteiger partial charge is 0.492 e. The summed E-state index contributed by atoms with van der Waals surface area (Å²) in [7, 11) is 0. The van der Waals surface area contributed by atoms with E-state index in [1.807, 2.05) is 41.3 Å². The smallest absolute Gasteiger partial charge is 0.262 e. The lowest BCUT2D eigenvalue weighted by atomic mass is 10.00. The number of ether oxygens (including phenoxy) is 1. The number of nitrogens with two attached hydrogens (primary N) is 3. The number of allylic oxidation sites excluding steroid dienone is 2. The van der Waals surface area contributed by atoms with E-state index in [1.54, 1.807) is 17.5 Å². The number of amides is 5. The summed E-state index contributed by atoms with van der Waals surface area (Å²) in [5.74, 6) is -0.202. The van der Waals surface area contributed by atoms with E-state index in [2.05, 4.69) is 73.6 Å². The monoisotopic (exact) mass is 983 g/mol. The second-order valence-corrected chi connectivity index (χ2v) is 20.2. The number of carbonyl (C=O) groups excluding carboxylic acids is 5. The van der Waals surface area contributed by atoms with Crippen molar-refractivity contribution in [3.63, 3.8) is 0 Å². The molecule has 3 aromatic carbocycles. The van der Waals surface area contributed by atoms with Gasteiger partial charge in [-0.15, -0.1) is 12.6 Å². The first-order chi connectivity index (χ1) is 34.4. The highest BCUT2D eigenvalue weighted by atomic mass is 32.1. The highest BCUT2D eigenvalue weighted by molar-refractivity contribution is 7.83. The molecular weight excluding hydrogens is 919 g/mol. The Morgan fingerprint density at radius 2 is 1.56 bits per heavy atom. The van der Waals surface area contributed by atoms with Crippen LogP contribution in [0, 0.1) is 12.8 Å². The third kappa shape index (κ3) is 9.68. The van der Waals surface area contributed by atoms with Gasteiger partial charge in [0.1, 0.15) is 24.2 Å². The fourth-order valence-electron chi connectivity index (χ4n) is 12.0. The molecule has 10 rings (SSSR count). The van der Waals surface area contributed by atoms with Crippen LogP contribution in [0.25, 0.3) is 5.70 Å². The van der Waals surface area contributed by atoms with Gasteiger partial charge in [0, 0.05) is 126 Å². The second-order valence-electron chi connectivity index (χ2n) is 19.9. The van der Waals surface area contributed by atoms with E-state index in [0.717, 1.165) is 84.4 Å². The van der Waals surface area contributed by atoms with E-state index in [4.69, 9.17) is 21.9 Å². The number of likely N-dealkylation sites (tertiary alicyclic amines) is 1. The van der Waals surface area contributed by atoms with E-state index in [-0.39, 0.29) is 24.3 Å². The fourth-order valence-corrected chi connectivity index (χ4v) is 12.2. The van der Waals surface area contributed by atoms with Crippen LogP contribution in [0.2, 0.25) is 0 Å². The molecule has 6 aliphatic heterocycles. The first-order valence-corrected chi connectivity index (χ1v) is 25.6. The van der Waals surface area contributed by atoms with Crippen molar-refractivity contribution < 1.29 is 28.7 Å². The number of benzene rings is 3. The molecule has 18 heteroatoms. The Balaban J connectivity index is 0.653. The number of thiol groups is 1. The maximum absolute atomic E-state index is 13.6. The number of piperazine rings is 3. The molecule has 0 aromatic heterocycles. The van der Waals surface area contributed by atoms with Crippen molar-refractivity contribution in [2.45, 2.75) is 76.2 Å². The Bertz CT molecular complexity index is 2690. The number of imide groups is 2. The fraction of sp³-hybridized carbons (Fsp3) is 0.453. The number of aryl methyl sites for hydroxylation is 1. The zero-order valence-corrected chi connectivity index (χ0v) is 41.3. The number of carbonyl (C=O) groups is 5. The third-order valence-corrected chi connectivity index (χ3v) is 16.0. The minimum atomic E-state index is -1.00. The van der Waals surface area contributed by atoms with Crippen LogP contribution in [0.15, 0.2) is 95.4 Å². The highest BCUT2D eigenvalue weighted by Gasteiger charge is 2.64. The van der Waals surface area contributed by atoms with E-state index < -0.39 is 29.7 Å². The summed E-state index contributed by atoms with van der Waals surface area (Å²) in [5, 5.41) is 4.06. The van der Waals surface area contributed by atoms with Crippen LogP contribution in [0.4, 0.5) is 5.69 Å². The number of anilines is 1. The number of nitrogens with zero attached hydrogens (tertiary/aromatic N) is 7. The molecule has 7 aliphatic rings. The van der Waals surface area contributed by atoms with Crippen LogP contribution in [0.3, 0.4) is 0 Å². The molecule has 5 saturated heterocycles. The second kappa shape index (κ2) is 20.3. The average Bonchev–Trinajstić information content (AvgIpc) is 4.10. The third-order valence-electron chi connectivity index (χ3n) is 15.7. The van der Waals surface area contributed by atoms with Gasteiger partial charge in [0.25, 0.3) is 11.8 Å². The van der Waals surface area contributed by atoms with Gasteiger partial charge < -0.3 is 41.5 Å². The molecule has 0 radical (unpaired) electrons. The quantitative estimate of drug-likeness (QED) is 0.0844. The van der Waals surface area contributed by atoms with Gasteiger partial charge in [-0.1, -0.05) is 42.5 Å². The minimum Gasteiger partial charge on any atom is -0.492 e. The van der Waals surface area contributed by atoms with Crippen molar-refractivity contribution in [1.82, 2.24) is 34.7 Å². The normalized spacial score (nSPS) is 24.8. The van der Waals surface area contributed by atoms with E-state index >= 15 is 0 Å². The Labute approximate surface area is 420 Å². The number of piperidine rings is 2. The van der Waals surface area contributed by atoms with Crippen molar-refractivity contribution in [2.75, 3.05) is 77.0 Å². The molecule has 5 atom stereocenters. The van der Waals surface area contributed by atoms with Gasteiger partial charge in [-0.25, -0.2) is 0 Å². The lowest BCUT2D eigenvalue weighted by molar-refractivity contribution is -0.136. The van der Waals surface area contributed by atoms with Crippen LogP contribution >= 0.6 is 12.6 Å². The lowest BCUT2D eigenvalue weighted by Crippen LogP contribution is -2.54. The zero-order chi connectivity index (χ0) is 49.5. The molecular formula is C53H65N11O6S. The molecule has 5 unspecified atom stereocenters. The molecule has 0 spiro atoms. The molecule has 3 aromatic rings. The van der Waals surface area contributed by atoms with Gasteiger partial charge >= 0.3 is 0 Å². The topological polar surface area (TPSA) is 207 Å². The maximum Gasteiger partial charge on any atom is 0.262 e. The minimum absolute atomic E-state index is 0.0744.